The number of hydrogen-bond donors (Lipinski definition) is 1. The van der Waals surface area contributed by atoms with Crippen LogP contribution in [0.1, 0.15) is 29.2 Å². The monoisotopic (exact) mass is 618 g/mol. The zero-order valence-electron chi connectivity index (χ0n) is 22.2. The van der Waals surface area contributed by atoms with Gasteiger partial charge in [0.05, 0.1) is 16.7 Å². The Labute approximate surface area is 245 Å². The molecule has 1 amide bonds. The number of benzene rings is 3. The molecule has 2 aliphatic rings. The fourth-order valence-corrected chi connectivity index (χ4v) is 5.53. The lowest BCUT2D eigenvalue weighted by molar-refractivity contribution is -0.114. The Hall–Kier alpha value is -3.89. The van der Waals surface area contributed by atoms with E-state index in [9.17, 15) is 4.79 Å². The van der Waals surface area contributed by atoms with E-state index in [0.717, 1.165) is 22.4 Å². The molecule has 0 bridgehead atoms. The highest BCUT2D eigenvalue weighted by molar-refractivity contribution is 9.10. The molecular formula is C30H27BrN4O4S. The molecule has 5 rings (SSSR count). The summed E-state index contributed by atoms with van der Waals surface area (Å²) in [6, 6.07) is 19.3. The first-order chi connectivity index (χ1) is 19.3. The van der Waals surface area contributed by atoms with Crippen LogP contribution in [0, 0.1) is 19.3 Å². The van der Waals surface area contributed by atoms with Crippen molar-refractivity contribution in [3.63, 3.8) is 0 Å². The summed E-state index contributed by atoms with van der Waals surface area (Å²) in [5.41, 5.74) is 3.89. The third kappa shape index (κ3) is 5.97. The fourth-order valence-electron chi connectivity index (χ4n) is 4.06. The van der Waals surface area contributed by atoms with E-state index in [2.05, 4.69) is 26.0 Å². The number of carbonyl (C=O) groups is 1. The van der Waals surface area contributed by atoms with Crippen LogP contribution in [0.5, 0.6) is 17.2 Å². The number of carbonyl (C=O) groups excluding carboxylic acids is 1. The molecule has 204 valence electrons. The van der Waals surface area contributed by atoms with Gasteiger partial charge in [0.25, 0.3) is 5.91 Å². The van der Waals surface area contributed by atoms with Crippen molar-refractivity contribution in [2.75, 3.05) is 19.8 Å². The summed E-state index contributed by atoms with van der Waals surface area (Å²) in [5, 5.41) is 15.7. The smallest absolute Gasteiger partial charge is 0.283 e. The lowest BCUT2D eigenvalue weighted by Crippen LogP contribution is -2.35. The summed E-state index contributed by atoms with van der Waals surface area (Å²) in [5.74, 6) is 1.33. The number of amidine groups is 2. The van der Waals surface area contributed by atoms with Crippen LogP contribution in [0.4, 0.5) is 0 Å². The number of halogens is 1. The minimum Gasteiger partial charge on any atom is -0.490 e. The van der Waals surface area contributed by atoms with Gasteiger partial charge < -0.3 is 14.2 Å². The van der Waals surface area contributed by atoms with Crippen LogP contribution in [0.2, 0.25) is 0 Å². The second-order valence-corrected chi connectivity index (χ2v) is 10.8. The molecule has 2 aliphatic heterocycles. The third-order valence-electron chi connectivity index (χ3n) is 6.08. The van der Waals surface area contributed by atoms with Crippen LogP contribution in [0.3, 0.4) is 0 Å². The van der Waals surface area contributed by atoms with E-state index in [1.165, 1.54) is 16.8 Å². The number of nitrogens with zero attached hydrogens (tertiary/aromatic N) is 3. The van der Waals surface area contributed by atoms with Gasteiger partial charge >= 0.3 is 0 Å². The number of amides is 1. The predicted molar refractivity (Wildman–Crippen MR) is 163 cm³/mol. The average molecular weight is 620 g/mol. The number of rotatable bonds is 9. The first-order valence-corrected chi connectivity index (χ1v) is 14.3. The summed E-state index contributed by atoms with van der Waals surface area (Å²) < 4.78 is 18.3. The largest absolute Gasteiger partial charge is 0.490 e. The second kappa shape index (κ2) is 12.1. The number of ether oxygens (including phenoxy) is 3. The van der Waals surface area contributed by atoms with Gasteiger partial charge in [-0.2, -0.15) is 15.1 Å². The number of para-hydroxylation sites is 1. The molecular weight excluding hydrogens is 592 g/mol. The molecule has 0 aromatic heterocycles. The number of nitrogens with one attached hydrogen (secondary N) is 1. The number of aliphatic imine (C=N–C) groups is 1. The number of fused-ring (bicyclic) bond motifs is 1. The van der Waals surface area contributed by atoms with Crippen LogP contribution in [-0.2, 0) is 4.79 Å². The zero-order chi connectivity index (χ0) is 28.2. The van der Waals surface area contributed by atoms with Gasteiger partial charge in [-0.15, -0.1) is 0 Å². The summed E-state index contributed by atoms with van der Waals surface area (Å²) >= 11 is 4.85. The predicted octanol–water partition coefficient (Wildman–Crippen LogP) is 6.59. The number of hydrazone groups is 1. The zero-order valence-corrected chi connectivity index (χ0v) is 24.6. The molecule has 0 radical (unpaired) electrons. The third-order valence-corrected chi connectivity index (χ3v) is 7.62. The minimum atomic E-state index is -0.494. The fraction of sp³-hybridized carbons (Fsp3) is 0.200. The first kappa shape index (κ1) is 27.7. The SMILES string of the molecule is CCOc1cc(/C=C2/C(=N)N3N=C(c4ccc(C)cc4)SC3=NC2=O)cc(Br)c1OCCOc1ccccc1C. The minimum absolute atomic E-state index is 0.0348. The molecule has 0 atom stereocenters. The van der Waals surface area contributed by atoms with Crippen molar-refractivity contribution in [1.82, 2.24) is 5.01 Å². The Balaban J connectivity index is 1.34. The van der Waals surface area contributed by atoms with Gasteiger partial charge in [0.2, 0.25) is 5.17 Å². The summed E-state index contributed by atoms with van der Waals surface area (Å²) in [6.07, 6.45) is 1.62. The van der Waals surface area contributed by atoms with E-state index in [0.29, 0.717) is 51.6 Å². The Morgan fingerprint density at radius 1 is 1.00 bits per heavy atom. The van der Waals surface area contributed by atoms with Gasteiger partial charge in [0.15, 0.2) is 17.3 Å². The second-order valence-electron chi connectivity index (χ2n) is 9.02. The van der Waals surface area contributed by atoms with Crippen LogP contribution in [0.25, 0.3) is 6.08 Å². The van der Waals surface area contributed by atoms with Crippen molar-refractivity contribution in [3.8, 4) is 17.2 Å². The van der Waals surface area contributed by atoms with Gasteiger partial charge in [-0.3, -0.25) is 10.2 Å². The van der Waals surface area contributed by atoms with Gasteiger partial charge in [-0.1, -0.05) is 48.0 Å². The topological polar surface area (TPSA) is 96.6 Å². The quantitative estimate of drug-likeness (QED) is 0.215. The molecule has 1 N–H and O–H groups in total. The van der Waals surface area contributed by atoms with Crippen LogP contribution in [0.15, 0.2) is 80.8 Å². The molecule has 0 saturated carbocycles. The highest BCUT2D eigenvalue weighted by atomic mass is 79.9. The van der Waals surface area contributed by atoms with Gasteiger partial charge in [-0.05, 0) is 83.9 Å². The Morgan fingerprint density at radius 3 is 2.50 bits per heavy atom. The van der Waals surface area contributed by atoms with Gasteiger partial charge in [0.1, 0.15) is 24.0 Å². The van der Waals surface area contributed by atoms with Crippen molar-refractivity contribution in [2.24, 2.45) is 10.1 Å². The van der Waals surface area contributed by atoms with E-state index in [-0.39, 0.29) is 11.4 Å². The molecule has 3 aromatic carbocycles. The molecule has 10 heteroatoms. The molecule has 0 saturated heterocycles. The molecule has 0 spiro atoms. The number of thioether (sulfide) groups is 1. The number of aryl methyl sites for hydroxylation is 2. The Kier molecular flexibility index (Phi) is 8.37. The highest BCUT2D eigenvalue weighted by Crippen LogP contribution is 2.38. The maximum absolute atomic E-state index is 12.9. The standard InChI is InChI=1S/C30H27BrN4O4S/c1-4-37-25-17-20(16-23(31)26(25)39-14-13-38-24-8-6-5-7-19(24)3)15-22-27(32)35-30(33-28(22)36)40-29(34-35)21-11-9-18(2)10-12-21/h5-12,15-17,32H,4,13-14H2,1-3H3/b22-15-,32-27?. The average Bonchev–Trinajstić information content (AvgIpc) is 3.36. The number of hydrogen-bond acceptors (Lipinski definition) is 7. The lowest BCUT2D eigenvalue weighted by atomic mass is 10.1. The van der Waals surface area contributed by atoms with E-state index >= 15 is 0 Å². The van der Waals surface area contributed by atoms with Crippen molar-refractivity contribution in [2.45, 2.75) is 20.8 Å². The molecule has 2 heterocycles. The maximum atomic E-state index is 12.9. The van der Waals surface area contributed by atoms with Gasteiger partial charge in [0, 0.05) is 5.56 Å². The summed E-state index contributed by atoms with van der Waals surface area (Å²) in [6.45, 7) is 6.98. The van der Waals surface area contributed by atoms with Crippen molar-refractivity contribution < 1.29 is 19.0 Å². The van der Waals surface area contributed by atoms with Gasteiger partial charge in [-0.25, -0.2) is 0 Å². The summed E-state index contributed by atoms with van der Waals surface area (Å²) in [7, 11) is 0. The molecule has 0 unspecified atom stereocenters. The Bertz CT molecular complexity index is 1570. The van der Waals surface area contributed by atoms with Crippen molar-refractivity contribution >= 4 is 55.7 Å². The first-order valence-electron chi connectivity index (χ1n) is 12.7. The van der Waals surface area contributed by atoms with E-state index in [1.54, 1.807) is 12.1 Å². The van der Waals surface area contributed by atoms with Crippen LogP contribution >= 0.6 is 27.7 Å². The molecule has 3 aromatic rings. The molecule has 40 heavy (non-hydrogen) atoms. The molecule has 8 nitrogen and oxygen atoms in total. The summed E-state index contributed by atoms with van der Waals surface area (Å²) in [4.78, 5) is 17.2. The normalized spacial score (nSPS) is 15.6. The van der Waals surface area contributed by atoms with Crippen LogP contribution < -0.4 is 14.2 Å². The Morgan fingerprint density at radius 2 is 1.75 bits per heavy atom. The van der Waals surface area contributed by atoms with E-state index < -0.39 is 5.91 Å². The maximum Gasteiger partial charge on any atom is 0.283 e. The lowest BCUT2D eigenvalue weighted by Gasteiger charge is -2.20. The van der Waals surface area contributed by atoms with E-state index in [4.69, 9.17) is 19.6 Å². The van der Waals surface area contributed by atoms with Crippen molar-refractivity contribution in [1.29, 1.82) is 5.41 Å². The molecule has 0 aliphatic carbocycles. The van der Waals surface area contributed by atoms with Crippen LogP contribution in [-0.4, -0.2) is 46.8 Å². The highest BCUT2D eigenvalue weighted by Gasteiger charge is 2.36. The van der Waals surface area contributed by atoms with Crippen molar-refractivity contribution in [3.05, 3.63) is 93.0 Å². The molecule has 0 fully saturated rings. The van der Waals surface area contributed by atoms with E-state index in [1.807, 2.05) is 75.4 Å².